The van der Waals surface area contributed by atoms with E-state index in [1.807, 2.05) is 43.3 Å². The molecule has 1 aliphatic carbocycles. The number of amides is 1. The highest BCUT2D eigenvalue weighted by Crippen LogP contribution is 2.30. The Morgan fingerprint density at radius 2 is 1.85 bits per heavy atom. The van der Waals surface area contributed by atoms with E-state index in [1.54, 1.807) is 18.0 Å². The van der Waals surface area contributed by atoms with Gasteiger partial charge in [0.2, 0.25) is 0 Å². The van der Waals surface area contributed by atoms with Crippen LogP contribution in [0.1, 0.15) is 34.8 Å². The number of ketones is 1. The number of likely N-dealkylation sites (N-methyl/N-ethyl adjacent to an activating group) is 1. The molecule has 0 aliphatic heterocycles. The van der Waals surface area contributed by atoms with Gasteiger partial charge in [0.15, 0.2) is 12.4 Å². The lowest BCUT2D eigenvalue weighted by atomic mass is 10.1. The number of hydrogen-bond acceptors (Lipinski definition) is 4. The fraction of sp³-hybridized carbons (Fsp3) is 0.333. The molecule has 0 aromatic heterocycles. The van der Waals surface area contributed by atoms with Crippen molar-refractivity contribution in [2.24, 2.45) is 0 Å². The monoisotopic (exact) mass is 353 g/mol. The van der Waals surface area contributed by atoms with Gasteiger partial charge in [-0.2, -0.15) is 0 Å². The van der Waals surface area contributed by atoms with Crippen LogP contribution in [-0.4, -0.2) is 36.9 Å². The second-order valence-corrected chi connectivity index (χ2v) is 6.32. The van der Waals surface area contributed by atoms with Crippen molar-refractivity contribution in [1.29, 1.82) is 0 Å². The lowest BCUT2D eigenvalue weighted by Gasteiger charge is -2.18. The van der Waals surface area contributed by atoms with E-state index in [-0.39, 0.29) is 18.3 Å². The molecule has 136 valence electrons. The van der Waals surface area contributed by atoms with Crippen molar-refractivity contribution >= 4 is 11.7 Å². The number of Topliss-reactive ketones (excluding diaryl/α,β-unsaturated/α-hetero) is 1. The van der Waals surface area contributed by atoms with Gasteiger partial charge in [0.1, 0.15) is 11.5 Å². The van der Waals surface area contributed by atoms with Crippen molar-refractivity contribution in [3.8, 4) is 11.5 Å². The Kier molecular flexibility index (Phi) is 5.56. The average Bonchev–Trinajstić information content (AvgIpc) is 3.03. The number of rotatable bonds is 7. The van der Waals surface area contributed by atoms with Crippen LogP contribution >= 0.6 is 0 Å². The molecule has 0 heterocycles. The summed E-state index contributed by atoms with van der Waals surface area (Å²) >= 11 is 0. The maximum Gasteiger partial charge on any atom is 0.260 e. The second-order valence-electron chi connectivity index (χ2n) is 6.32. The van der Waals surface area contributed by atoms with Crippen LogP contribution in [-0.2, 0) is 17.8 Å². The van der Waals surface area contributed by atoms with E-state index in [2.05, 4.69) is 0 Å². The zero-order chi connectivity index (χ0) is 18.5. The maximum atomic E-state index is 12.4. The number of hydrogen-bond donors (Lipinski definition) is 0. The van der Waals surface area contributed by atoms with Crippen LogP contribution in [0.2, 0.25) is 0 Å². The van der Waals surface area contributed by atoms with E-state index in [4.69, 9.17) is 9.47 Å². The van der Waals surface area contributed by atoms with Crippen molar-refractivity contribution < 1.29 is 19.1 Å². The summed E-state index contributed by atoms with van der Waals surface area (Å²) in [4.78, 5) is 25.8. The quantitative estimate of drug-likeness (QED) is 0.767. The lowest BCUT2D eigenvalue weighted by molar-refractivity contribution is -0.132. The maximum absolute atomic E-state index is 12.4. The van der Waals surface area contributed by atoms with E-state index >= 15 is 0 Å². The first-order valence-electron chi connectivity index (χ1n) is 8.82. The van der Waals surface area contributed by atoms with Crippen LogP contribution in [0.3, 0.4) is 0 Å². The van der Waals surface area contributed by atoms with Crippen molar-refractivity contribution in [1.82, 2.24) is 4.90 Å². The first kappa shape index (κ1) is 18.0. The van der Waals surface area contributed by atoms with Crippen LogP contribution in [0, 0.1) is 0 Å². The summed E-state index contributed by atoms with van der Waals surface area (Å²) < 4.78 is 11.1. The first-order valence-corrected chi connectivity index (χ1v) is 8.82. The van der Waals surface area contributed by atoms with Gasteiger partial charge in [0, 0.05) is 31.1 Å². The minimum atomic E-state index is -0.110. The molecule has 5 heteroatoms. The third kappa shape index (κ3) is 4.04. The summed E-state index contributed by atoms with van der Waals surface area (Å²) in [6.45, 7) is 3.03. The molecule has 2 aromatic carbocycles. The van der Waals surface area contributed by atoms with E-state index in [0.717, 1.165) is 22.4 Å². The molecule has 0 saturated heterocycles. The molecule has 5 nitrogen and oxygen atoms in total. The van der Waals surface area contributed by atoms with E-state index in [1.165, 1.54) is 0 Å². The summed E-state index contributed by atoms with van der Waals surface area (Å²) in [6, 6.07) is 13.1. The Bertz CT molecular complexity index is 798. The number of carbonyl (C=O) groups is 2. The van der Waals surface area contributed by atoms with Gasteiger partial charge in [-0.3, -0.25) is 9.59 Å². The Morgan fingerprint density at radius 3 is 2.58 bits per heavy atom. The second kappa shape index (κ2) is 8.04. The summed E-state index contributed by atoms with van der Waals surface area (Å²) in [6.07, 6.45) is 1.20. The largest absolute Gasteiger partial charge is 0.494 e. The average molecular weight is 353 g/mol. The Labute approximate surface area is 153 Å². The van der Waals surface area contributed by atoms with E-state index < -0.39 is 0 Å². The third-order valence-corrected chi connectivity index (χ3v) is 4.47. The summed E-state index contributed by atoms with van der Waals surface area (Å²) in [5.41, 5.74) is 2.66. The van der Waals surface area contributed by atoms with Gasteiger partial charge in [-0.15, -0.1) is 0 Å². The predicted molar refractivity (Wildman–Crippen MR) is 98.7 cm³/mol. The first-order chi connectivity index (χ1) is 12.6. The lowest BCUT2D eigenvalue weighted by Crippen LogP contribution is -2.31. The predicted octanol–water partition coefficient (Wildman–Crippen LogP) is 3.25. The summed E-state index contributed by atoms with van der Waals surface area (Å²) in [5, 5.41) is 0. The van der Waals surface area contributed by atoms with Gasteiger partial charge < -0.3 is 14.4 Å². The molecule has 26 heavy (non-hydrogen) atoms. The number of fused-ring (bicyclic) bond motifs is 1. The Morgan fingerprint density at radius 1 is 1.08 bits per heavy atom. The van der Waals surface area contributed by atoms with E-state index in [0.29, 0.717) is 31.7 Å². The summed E-state index contributed by atoms with van der Waals surface area (Å²) in [7, 11) is 1.75. The topological polar surface area (TPSA) is 55.8 Å². The van der Waals surface area contributed by atoms with Crippen LogP contribution in [0.5, 0.6) is 11.5 Å². The molecule has 1 aliphatic rings. The zero-order valence-corrected chi connectivity index (χ0v) is 15.2. The number of ether oxygens (including phenoxy) is 2. The molecule has 0 saturated carbocycles. The molecular formula is C21H23NO4. The van der Waals surface area contributed by atoms with Gasteiger partial charge in [-0.05, 0) is 37.1 Å². The van der Waals surface area contributed by atoms with Crippen molar-refractivity contribution in [2.75, 3.05) is 20.3 Å². The molecule has 0 unspecified atom stereocenters. The fourth-order valence-electron chi connectivity index (χ4n) is 3.06. The molecule has 3 rings (SSSR count). The highest BCUT2D eigenvalue weighted by Gasteiger charge is 2.23. The molecule has 0 radical (unpaired) electrons. The van der Waals surface area contributed by atoms with Gasteiger partial charge in [0.05, 0.1) is 6.61 Å². The highest BCUT2D eigenvalue weighted by molar-refractivity contribution is 6.01. The van der Waals surface area contributed by atoms with Gasteiger partial charge in [0.25, 0.3) is 5.91 Å². The van der Waals surface area contributed by atoms with Gasteiger partial charge >= 0.3 is 0 Å². The van der Waals surface area contributed by atoms with Crippen LogP contribution < -0.4 is 9.47 Å². The summed E-state index contributed by atoms with van der Waals surface area (Å²) in [5.74, 6) is 1.49. The fourth-order valence-corrected chi connectivity index (χ4v) is 3.06. The number of nitrogens with zero attached hydrogens (tertiary/aromatic N) is 1. The Balaban J connectivity index is 1.56. The van der Waals surface area contributed by atoms with Crippen LogP contribution in [0.25, 0.3) is 0 Å². The minimum absolute atomic E-state index is 0.0435. The van der Waals surface area contributed by atoms with Gasteiger partial charge in [-0.25, -0.2) is 0 Å². The molecule has 0 atom stereocenters. The Hall–Kier alpha value is -2.82. The van der Waals surface area contributed by atoms with Crippen molar-refractivity contribution in [3.63, 3.8) is 0 Å². The van der Waals surface area contributed by atoms with Crippen LogP contribution in [0.4, 0.5) is 0 Å². The SMILES string of the molecule is CCOc1ccc(CN(C)C(=O)COc2cccc3c2CCC3=O)cc1. The zero-order valence-electron chi connectivity index (χ0n) is 15.2. The van der Waals surface area contributed by atoms with E-state index in [9.17, 15) is 9.59 Å². The standard InChI is InChI=1S/C21H23NO4/c1-3-25-16-9-7-15(8-10-16)13-22(2)21(24)14-26-20-6-4-5-17-18(20)11-12-19(17)23/h4-10H,3,11-14H2,1-2H3. The smallest absolute Gasteiger partial charge is 0.260 e. The number of benzene rings is 2. The molecule has 0 N–H and O–H groups in total. The van der Waals surface area contributed by atoms with Gasteiger partial charge in [-0.1, -0.05) is 24.3 Å². The molecule has 2 aromatic rings. The third-order valence-electron chi connectivity index (χ3n) is 4.47. The molecule has 0 fully saturated rings. The minimum Gasteiger partial charge on any atom is -0.494 e. The van der Waals surface area contributed by atoms with Crippen molar-refractivity contribution in [2.45, 2.75) is 26.3 Å². The molecule has 1 amide bonds. The molecule has 0 spiro atoms. The highest BCUT2D eigenvalue weighted by atomic mass is 16.5. The molecular weight excluding hydrogens is 330 g/mol. The normalized spacial score (nSPS) is 12.6. The van der Waals surface area contributed by atoms with Crippen molar-refractivity contribution in [3.05, 3.63) is 59.2 Å². The number of carbonyl (C=O) groups excluding carboxylic acids is 2. The molecule has 0 bridgehead atoms. The van der Waals surface area contributed by atoms with Crippen LogP contribution in [0.15, 0.2) is 42.5 Å².